The molecule has 0 aliphatic carbocycles. The summed E-state index contributed by atoms with van der Waals surface area (Å²) in [6, 6.07) is 11.3. The highest BCUT2D eigenvalue weighted by Gasteiger charge is 2.38. The molecule has 3 nitrogen and oxygen atoms in total. The number of aliphatic hydroxyl groups excluding tert-OH is 1. The quantitative estimate of drug-likeness (QED) is 0.294. The third kappa shape index (κ3) is 6.89. The summed E-state index contributed by atoms with van der Waals surface area (Å²) >= 11 is 6.11. The molecule has 0 bridgehead atoms. The van der Waals surface area contributed by atoms with Gasteiger partial charge in [0.05, 0.1) is 11.6 Å². The van der Waals surface area contributed by atoms with Gasteiger partial charge in [-0.25, -0.2) is 4.39 Å². The molecule has 3 aromatic carbocycles. The number of rotatable bonds is 8. The molecule has 36 heavy (non-hydrogen) atoms. The van der Waals surface area contributed by atoms with Gasteiger partial charge in [0.15, 0.2) is 6.10 Å². The minimum Gasteiger partial charge on any atom is -0.457 e. The van der Waals surface area contributed by atoms with Crippen molar-refractivity contribution in [3.05, 3.63) is 93.8 Å². The van der Waals surface area contributed by atoms with Gasteiger partial charge in [0.25, 0.3) is 0 Å². The van der Waals surface area contributed by atoms with Crippen molar-refractivity contribution in [2.45, 2.75) is 37.8 Å². The summed E-state index contributed by atoms with van der Waals surface area (Å²) in [6.45, 7) is 0.868. The van der Waals surface area contributed by atoms with E-state index < -0.39 is 42.4 Å². The van der Waals surface area contributed by atoms with E-state index in [1.807, 2.05) is 6.92 Å². The molecule has 0 fully saturated rings. The zero-order valence-corrected chi connectivity index (χ0v) is 19.5. The Kier molecular flexibility index (Phi) is 8.53. The van der Waals surface area contributed by atoms with Gasteiger partial charge in [0, 0.05) is 17.1 Å². The minimum atomic E-state index is -4.95. The lowest BCUT2D eigenvalue weighted by Gasteiger charge is -2.24. The summed E-state index contributed by atoms with van der Waals surface area (Å²) in [5.41, 5.74) is -0.568. The Bertz CT molecular complexity index is 1200. The summed E-state index contributed by atoms with van der Waals surface area (Å²) in [5.74, 6) is -0.612. The summed E-state index contributed by atoms with van der Waals surface area (Å²) in [5, 5.41) is 12.4. The molecule has 3 rings (SSSR count). The largest absolute Gasteiger partial charge is 0.457 e. The molecule has 0 saturated carbocycles. The van der Waals surface area contributed by atoms with Gasteiger partial charge >= 0.3 is 12.4 Å². The molecule has 0 spiro atoms. The summed E-state index contributed by atoms with van der Waals surface area (Å²) in [6.07, 6.45) is -11.9. The third-order valence-corrected chi connectivity index (χ3v) is 5.73. The van der Waals surface area contributed by atoms with Crippen molar-refractivity contribution in [3.8, 4) is 11.5 Å². The average Bonchev–Trinajstić information content (AvgIpc) is 2.80. The first kappa shape index (κ1) is 27.8. The zero-order valence-electron chi connectivity index (χ0n) is 18.7. The van der Waals surface area contributed by atoms with Crippen molar-refractivity contribution in [3.63, 3.8) is 0 Å². The zero-order chi connectivity index (χ0) is 26.7. The van der Waals surface area contributed by atoms with Crippen LogP contribution in [-0.2, 0) is 12.6 Å². The summed E-state index contributed by atoms with van der Waals surface area (Å²) < 4.78 is 98.1. The first-order chi connectivity index (χ1) is 16.8. The molecule has 11 heteroatoms. The number of aliphatic hydroxyl groups is 1. The van der Waals surface area contributed by atoms with Crippen molar-refractivity contribution in [2.75, 3.05) is 6.54 Å². The highest BCUT2D eigenvalue weighted by molar-refractivity contribution is 6.31. The molecule has 3 aromatic rings. The van der Waals surface area contributed by atoms with E-state index in [4.69, 9.17) is 16.3 Å². The summed E-state index contributed by atoms with van der Waals surface area (Å²) in [7, 11) is 0. The first-order valence-corrected chi connectivity index (χ1v) is 11.1. The van der Waals surface area contributed by atoms with E-state index in [1.165, 1.54) is 18.2 Å². The lowest BCUT2D eigenvalue weighted by Crippen LogP contribution is -2.40. The Morgan fingerprint density at radius 3 is 2.25 bits per heavy atom. The molecular weight excluding hydrogens is 515 g/mol. The average molecular weight is 536 g/mol. The number of halogens is 8. The second kappa shape index (κ2) is 11.1. The molecular formula is C25H21ClF7NO2. The van der Waals surface area contributed by atoms with Gasteiger partial charge in [-0.1, -0.05) is 36.7 Å². The van der Waals surface area contributed by atoms with E-state index in [1.54, 1.807) is 24.3 Å². The fourth-order valence-electron chi connectivity index (χ4n) is 3.47. The summed E-state index contributed by atoms with van der Waals surface area (Å²) in [4.78, 5) is 0. The second-order valence-electron chi connectivity index (χ2n) is 7.91. The van der Waals surface area contributed by atoms with Crippen molar-refractivity contribution >= 4 is 11.6 Å². The number of nitrogens with one attached hydrogen (secondary N) is 1. The maximum absolute atomic E-state index is 14.8. The SMILES string of the molecule is CCc1cc(Oc2cccc(C(NCC(O)C(F)(F)F)c3ccc(C(F)(F)F)cc3F)c2)ccc1Cl. The number of benzene rings is 3. The number of ether oxygens (including phenoxy) is 1. The molecule has 0 amide bonds. The Morgan fingerprint density at radius 1 is 0.944 bits per heavy atom. The molecule has 0 saturated heterocycles. The van der Waals surface area contributed by atoms with E-state index in [9.17, 15) is 35.8 Å². The number of hydrogen-bond acceptors (Lipinski definition) is 3. The van der Waals surface area contributed by atoms with E-state index in [-0.39, 0.29) is 22.9 Å². The van der Waals surface area contributed by atoms with Crippen molar-refractivity contribution in [1.29, 1.82) is 0 Å². The lowest BCUT2D eigenvalue weighted by atomic mass is 9.96. The van der Waals surface area contributed by atoms with Crippen LogP contribution in [0.15, 0.2) is 60.7 Å². The van der Waals surface area contributed by atoms with Crippen LogP contribution in [0.2, 0.25) is 5.02 Å². The van der Waals surface area contributed by atoms with Gasteiger partial charge in [-0.2, -0.15) is 26.3 Å². The molecule has 0 aliphatic heterocycles. The lowest BCUT2D eigenvalue weighted by molar-refractivity contribution is -0.202. The Labute approximate surface area is 207 Å². The monoisotopic (exact) mass is 535 g/mol. The van der Waals surface area contributed by atoms with Crippen LogP contribution in [0.25, 0.3) is 0 Å². The van der Waals surface area contributed by atoms with Gasteiger partial charge < -0.3 is 15.2 Å². The van der Waals surface area contributed by atoms with Gasteiger partial charge in [-0.05, 0) is 60.0 Å². The van der Waals surface area contributed by atoms with Crippen molar-refractivity contribution in [1.82, 2.24) is 5.32 Å². The number of alkyl halides is 6. The van der Waals surface area contributed by atoms with Crippen LogP contribution in [0.3, 0.4) is 0 Å². The Balaban J connectivity index is 1.97. The van der Waals surface area contributed by atoms with E-state index in [0.717, 1.165) is 11.6 Å². The smallest absolute Gasteiger partial charge is 0.416 e. The predicted molar refractivity (Wildman–Crippen MR) is 121 cm³/mol. The molecule has 0 aromatic heterocycles. The Morgan fingerprint density at radius 2 is 1.64 bits per heavy atom. The van der Waals surface area contributed by atoms with Gasteiger partial charge in [-0.3, -0.25) is 0 Å². The van der Waals surface area contributed by atoms with Gasteiger partial charge in [0.2, 0.25) is 0 Å². The second-order valence-corrected chi connectivity index (χ2v) is 8.32. The first-order valence-electron chi connectivity index (χ1n) is 10.7. The van der Waals surface area contributed by atoms with Gasteiger partial charge in [-0.15, -0.1) is 0 Å². The van der Waals surface area contributed by atoms with Crippen LogP contribution >= 0.6 is 11.6 Å². The van der Waals surface area contributed by atoms with Crippen LogP contribution in [-0.4, -0.2) is 23.9 Å². The fraction of sp³-hybridized carbons (Fsp3) is 0.280. The molecule has 0 radical (unpaired) electrons. The normalized spacial score (nSPS) is 13.9. The molecule has 2 unspecified atom stereocenters. The minimum absolute atomic E-state index is 0.199. The predicted octanol–water partition coefficient (Wildman–Crippen LogP) is 7.45. The van der Waals surface area contributed by atoms with Crippen LogP contribution in [0.4, 0.5) is 30.7 Å². The van der Waals surface area contributed by atoms with E-state index >= 15 is 0 Å². The van der Waals surface area contributed by atoms with Crippen molar-refractivity contribution in [2.24, 2.45) is 0 Å². The van der Waals surface area contributed by atoms with Crippen LogP contribution in [0.5, 0.6) is 11.5 Å². The highest BCUT2D eigenvalue weighted by Crippen LogP contribution is 2.35. The molecule has 194 valence electrons. The molecule has 2 N–H and O–H groups in total. The van der Waals surface area contributed by atoms with Crippen molar-refractivity contribution < 1.29 is 40.6 Å². The molecule has 0 heterocycles. The standard InChI is InChI=1S/C25H21ClF7NO2/c1-2-14-10-18(7-9-20(14)26)36-17-5-3-4-15(11-17)23(34-13-22(35)25(31,32)33)19-8-6-16(12-21(19)27)24(28,29)30/h3-12,22-23,34-35H,2,13H2,1H3. The molecule has 2 atom stereocenters. The molecule has 0 aliphatic rings. The van der Waals surface area contributed by atoms with Crippen LogP contribution < -0.4 is 10.1 Å². The van der Waals surface area contributed by atoms with E-state index in [0.29, 0.717) is 23.3 Å². The van der Waals surface area contributed by atoms with Crippen LogP contribution in [0.1, 0.15) is 35.2 Å². The Hall–Kier alpha value is -2.82. The number of aryl methyl sites for hydroxylation is 1. The highest BCUT2D eigenvalue weighted by atomic mass is 35.5. The van der Waals surface area contributed by atoms with Crippen LogP contribution in [0, 0.1) is 5.82 Å². The topological polar surface area (TPSA) is 41.5 Å². The maximum Gasteiger partial charge on any atom is 0.416 e. The van der Waals surface area contributed by atoms with E-state index in [2.05, 4.69) is 5.32 Å². The van der Waals surface area contributed by atoms with Gasteiger partial charge in [0.1, 0.15) is 17.3 Å². The number of hydrogen-bond donors (Lipinski definition) is 2. The maximum atomic E-state index is 14.8. The third-order valence-electron chi connectivity index (χ3n) is 5.36. The fourth-order valence-corrected chi connectivity index (χ4v) is 3.72.